The van der Waals surface area contributed by atoms with Gasteiger partial charge in [-0.2, -0.15) is 0 Å². The summed E-state index contributed by atoms with van der Waals surface area (Å²) < 4.78 is 18.2. The van der Waals surface area contributed by atoms with E-state index in [2.05, 4.69) is 5.32 Å². The van der Waals surface area contributed by atoms with Gasteiger partial charge in [-0.05, 0) is 37.6 Å². The van der Waals surface area contributed by atoms with Crippen molar-refractivity contribution in [2.75, 3.05) is 18.9 Å². The third kappa shape index (κ3) is 3.29. The highest BCUT2D eigenvalue weighted by molar-refractivity contribution is 8.01. The molecule has 7 heteroatoms. The van der Waals surface area contributed by atoms with E-state index in [9.17, 15) is 14.0 Å². The highest BCUT2D eigenvalue weighted by Crippen LogP contribution is 2.47. The number of carbonyl (C=O) groups is 2. The fraction of sp³-hybridized carbons (Fsp3) is 0.500. The van der Waals surface area contributed by atoms with Crippen molar-refractivity contribution in [2.24, 2.45) is 0 Å². The van der Waals surface area contributed by atoms with Crippen LogP contribution in [-0.4, -0.2) is 46.5 Å². The standard InChI is InChI=1S/C16H19FN2O3S/c1-16-7-6-14(20)19(16)13(10-23-16)15(21)18-8-9-22-12-4-2-11(17)3-5-12/h2-5,13H,6-10H2,1H3,(H,18,21)/t13-,16-/m0/s1. The summed E-state index contributed by atoms with van der Waals surface area (Å²) in [7, 11) is 0. The van der Waals surface area contributed by atoms with Gasteiger partial charge in [0.05, 0.1) is 11.4 Å². The number of nitrogens with zero attached hydrogens (tertiary/aromatic N) is 1. The molecule has 2 atom stereocenters. The molecule has 1 N–H and O–H groups in total. The number of hydrogen-bond acceptors (Lipinski definition) is 4. The summed E-state index contributed by atoms with van der Waals surface area (Å²) in [5.74, 6) is 0.786. The highest BCUT2D eigenvalue weighted by atomic mass is 32.2. The smallest absolute Gasteiger partial charge is 0.243 e. The van der Waals surface area contributed by atoms with Crippen molar-refractivity contribution >= 4 is 23.6 Å². The molecule has 0 unspecified atom stereocenters. The fourth-order valence-electron chi connectivity index (χ4n) is 3.01. The Morgan fingerprint density at radius 1 is 1.48 bits per heavy atom. The molecule has 1 aromatic rings. The number of thioether (sulfide) groups is 1. The van der Waals surface area contributed by atoms with Gasteiger partial charge in [0.2, 0.25) is 11.8 Å². The lowest BCUT2D eigenvalue weighted by Crippen LogP contribution is -2.50. The van der Waals surface area contributed by atoms with Gasteiger partial charge < -0.3 is 15.0 Å². The first-order valence-corrected chi connectivity index (χ1v) is 8.60. The molecule has 2 heterocycles. The van der Waals surface area contributed by atoms with Crippen LogP contribution in [0.25, 0.3) is 0 Å². The van der Waals surface area contributed by atoms with Crippen molar-refractivity contribution in [3.8, 4) is 5.75 Å². The van der Waals surface area contributed by atoms with Crippen molar-refractivity contribution in [2.45, 2.75) is 30.7 Å². The van der Waals surface area contributed by atoms with Crippen LogP contribution in [0.4, 0.5) is 4.39 Å². The summed E-state index contributed by atoms with van der Waals surface area (Å²) in [4.78, 5) is 25.8. The normalized spacial score (nSPS) is 26.3. The second-order valence-corrected chi connectivity index (χ2v) is 7.36. The molecule has 124 valence electrons. The minimum Gasteiger partial charge on any atom is -0.492 e. The van der Waals surface area contributed by atoms with Gasteiger partial charge in [0.25, 0.3) is 0 Å². The Labute approximate surface area is 138 Å². The first-order chi connectivity index (χ1) is 11.0. The Hall–Kier alpha value is -1.76. The van der Waals surface area contributed by atoms with Crippen LogP contribution in [0.3, 0.4) is 0 Å². The Balaban J connectivity index is 1.46. The van der Waals surface area contributed by atoms with Crippen molar-refractivity contribution < 1.29 is 18.7 Å². The summed E-state index contributed by atoms with van der Waals surface area (Å²) in [6.45, 7) is 2.66. The summed E-state index contributed by atoms with van der Waals surface area (Å²) in [6, 6.07) is 5.33. The van der Waals surface area contributed by atoms with Gasteiger partial charge >= 0.3 is 0 Å². The summed E-state index contributed by atoms with van der Waals surface area (Å²) in [6.07, 6.45) is 1.31. The van der Waals surface area contributed by atoms with Crippen LogP contribution in [0, 0.1) is 5.82 Å². The van der Waals surface area contributed by atoms with Crippen molar-refractivity contribution in [3.63, 3.8) is 0 Å². The van der Waals surface area contributed by atoms with Crippen molar-refractivity contribution in [1.29, 1.82) is 0 Å². The van der Waals surface area contributed by atoms with E-state index in [0.29, 0.717) is 31.1 Å². The minimum absolute atomic E-state index is 0.0558. The number of hydrogen-bond donors (Lipinski definition) is 1. The second-order valence-electron chi connectivity index (χ2n) is 5.86. The monoisotopic (exact) mass is 338 g/mol. The van der Waals surface area contributed by atoms with E-state index < -0.39 is 6.04 Å². The number of carbonyl (C=O) groups excluding carboxylic acids is 2. The summed E-state index contributed by atoms with van der Waals surface area (Å²) in [5.41, 5.74) is 0. The number of nitrogens with one attached hydrogen (secondary N) is 1. The largest absolute Gasteiger partial charge is 0.492 e. The van der Waals surface area contributed by atoms with Crippen LogP contribution in [0.15, 0.2) is 24.3 Å². The Bertz CT molecular complexity index is 610. The summed E-state index contributed by atoms with van der Waals surface area (Å²) >= 11 is 1.67. The molecule has 0 bridgehead atoms. The number of rotatable bonds is 5. The van der Waals surface area contributed by atoms with E-state index in [0.717, 1.165) is 6.42 Å². The van der Waals surface area contributed by atoms with Gasteiger partial charge in [-0.3, -0.25) is 9.59 Å². The maximum Gasteiger partial charge on any atom is 0.243 e. The molecule has 0 aromatic heterocycles. The SMILES string of the molecule is C[C@]12CCC(=O)N1[C@H](C(=O)NCCOc1ccc(F)cc1)CS2. The molecule has 0 spiro atoms. The molecule has 23 heavy (non-hydrogen) atoms. The average molecular weight is 338 g/mol. The molecular formula is C16H19FN2O3S. The predicted molar refractivity (Wildman–Crippen MR) is 85.6 cm³/mol. The van der Waals surface area contributed by atoms with Crippen molar-refractivity contribution in [1.82, 2.24) is 10.2 Å². The molecule has 2 fully saturated rings. The molecule has 2 aliphatic heterocycles. The molecule has 3 rings (SSSR count). The zero-order chi connectivity index (χ0) is 16.4. The van der Waals surface area contributed by atoms with Gasteiger partial charge in [0.15, 0.2) is 0 Å². The van der Waals surface area contributed by atoms with E-state index in [1.165, 1.54) is 12.1 Å². The third-order valence-corrected chi connectivity index (χ3v) is 5.74. The molecular weight excluding hydrogens is 319 g/mol. The minimum atomic E-state index is -0.397. The topological polar surface area (TPSA) is 58.6 Å². The van der Waals surface area contributed by atoms with Gasteiger partial charge in [-0.1, -0.05) is 0 Å². The average Bonchev–Trinajstić information content (AvgIpc) is 3.02. The third-order valence-electron chi connectivity index (χ3n) is 4.23. The van der Waals surface area contributed by atoms with E-state index in [-0.39, 0.29) is 22.5 Å². The molecule has 0 radical (unpaired) electrons. The molecule has 5 nitrogen and oxygen atoms in total. The molecule has 0 saturated carbocycles. The number of ether oxygens (including phenoxy) is 1. The molecule has 1 aromatic carbocycles. The quantitative estimate of drug-likeness (QED) is 0.832. The molecule has 2 amide bonds. The highest BCUT2D eigenvalue weighted by Gasteiger charge is 2.52. The van der Waals surface area contributed by atoms with E-state index in [1.807, 2.05) is 6.92 Å². The zero-order valence-electron chi connectivity index (χ0n) is 12.9. The Morgan fingerprint density at radius 3 is 2.96 bits per heavy atom. The number of amides is 2. The van der Waals surface area contributed by atoms with Gasteiger partial charge in [-0.25, -0.2) is 4.39 Å². The van der Waals surface area contributed by atoms with E-state index in [4.69, 9.17) is 4.74 Å². The van der Waals surface area contributed by atoms with Crippen LogP contribution >= 0.6 is 11.8 Å². The molecule has 0 aliphatic carbocycles. The number of halogens is 1. The first-order valence-electron chi connectivity index (χ1n) is 7.62. The van der Waals surface area contributed by atoms with Gasteiger partial charge in [0, 0.05) is 12.2 Å². The maximum atomic E-state index is 12.8. The van der Waals surface area contributed by atoms with Crippen LogP contribution in [0.1, 0.15) is 19.8 Å². The maximum absolute atomic E-state index is 12.8. The lowest BCUT2D eigenvalue weighted by Gasteiger charge is -2.29. The van der Waals surface area contributed by atoms with Crippen LogP contribution in [0.2, 0.25) is 0 Å². The lowest BCUT2D eigenvalue weighted by atomic mass is 10.2. The lowest BCUT2D eigenvalue weighted by molar-refractivity contribution is -0.137. The van der Waals surface area contributed by atoms with Crippen LogP contribution in [-0.2, 0) is 9.59 Å². The van der Waals surface area contributed by atoms with Crippen molar-refractivity contribution in [3.05, 3.63) is 30.1 Å². The number of fused-ring (bicyclic) bond motifs is 1. The summed E-state index contributed by atoms with van der Waals surface area (Å²) in [5, 5.41) is 2.81. The van der Waals surface area contributed by atoms with Gasteiger partial charge in [-0.15, -0.1) is 11.8 Å². The fourth-order valence-corrected chi connectivity index (χ4v) is 4.44. The second kappa shape index (κ2) is 6.39. The van der Waals surface area contributed by atoms with E-state index >= 15 is 0 Å². The number of benzene rings is 1. The van der Waals surface area contributed by atoms with Crippen LogP contribution < -0.4 is 10.1 Å². The zero-order valence-corrected chi connectivity index (χ0v) is 13.7. The van der Waals surface area contributed by atoms with Gasteiger partial charge in [0.1, 0.15) is 24.2 Å². The molecule has 2 aliphatic rings. The first kappa shape index (κ1) is 16.1. The predicted octanol–water partition coefficient (Wildman–Crippen LogP) is 1.77. The Kier molecular flexibility index (Phi) is 4.48. The Morgan fingerprint density at radius 2 is 2.22 bits per heavy atom. The van der Waals surface area contributed by atoms with E-state index in [1.54, 1.807) is 28.8 Å². The molecule has 2 saturated heterocycles. The van der Waals surface area contributed by atoms with Crippen LogP contribution in [0.5, 0.6) is 5.75 Å².